The van der Waals surface area contributed by atoms with Crippen LogP contribution in [0.5, 0.6) is 0 Å². The van der Waals surface area contributed by atoms with Gasteiger partial charge < -0.3 is 15.5 Å². The van der Waals surface area contributed by atoms with E-state index in [1.165, 1.54) is 0 Å². The number of nitrogens with one attached hydrogen (secondary N) is 2. The molecule has 2 heterocycles. The van der Waals surface area contributed by atoms with Crippen molar-refractivity contribution < 1.29 is 13.2 Å². The molecule has 1 amide bonds. The standard InChI is InChI=1S/C13H20N4O3S.ClH/c1-2-5-14-6-7-15-13(18)11-4-3-8-17-9-10-21(19,20)16-12(11)17;/h3-4,8,14H,2,5-7,9-10H2,1H3,(H,15,18);1H. The lowest BCUT2D eigenvalue weighted by Crippen LogP contribution is -2.43. The second kappa shape index (κ2) is 8.30. The number of carbonyl (C=O) groups is 1. The molecule has 0 aromatic heterocycles. The summed E-state index contributed by atoms with van der Waals surface area (Å²) in [7, 11) is -3.47. The highest BCUT2D eigenvalue weighted by Gasteiger charge is 2.29. The highest BCUT2D eigenvalue weighted by molar-refractivity contribution is 7.90. The molecular weight excluding hydrogens is 328 g/mol. The van der Waals surface area contributed by atoms with Gasteiger partial charge in [0, 0.05) is 25.8 Å². The molecule has 0 unspecified atom stereocenters. The Kier molecular flexibility index (Phi) is 7.05. The molecule has 2 rings (SSSR count). The number of amides is 1. The van der Waals surface area contributed by atoms with Gasteiger partial charge in [0.25, 0.3) is 15.9 Å². The number of halogens is 1. The summed E-state index contributed by atoms with van der Waals surface area (Å²) in [4.78, 5) is 13.8. The third-order valence-corrected chi connectivity index (χ3v) is 4.27. The minimum atomic E-state index is -3.47. The van der Waals surface area contributed by atoms with Crippen molar-refractivity contribution in [3.05, 3.63) is 23.9 Å². The number of rotatable bonds is 6. The van der Waals surface area contributed by atoms with E-state index in [0.29, 0.717) is 19.6 Å². The minimum absolute atomic E-state index is 0. The van der Waals surface area contributed by atoms with Crippen LogP contribution in [-0.2, 0) is 14.8 Å². The summed E-state index contributed by atoms with van der Waals surface area (Å²) < 4.78 is 26.9. The van der Waals surface area contributed by atoms with E-state index >= 15 is 0 Å². The number of carbonyl (C=O) groups excluding carboxylic acids is 1. The zero-order valence-electron chi connectivity index (χ0n) is 12.4. The van der Waals surface area contributed by atoms with Gasteiger partial charge in [0.15, 0.2) is 5.84 Å². The molecule has 0 saturated carbocycles. The minimum Gasteiger partial charge on any atom is -0.351 e. The Morgan fingerprint density at radius 2 is 2.14 bits per heavy atom. The van der Waals surface area contributed by atoms with Gasteiger partial charge in [-0.1, -0.05) is 6.92 Å². The maximum absolute atomic E-state index is 12.2. The Bertz CT molecular complexity index is 598. The number of amidine groups is 1. The second-order valence-electron chi connectivity index (χ2n) is 4.82. The molecule has 0 bridgehead atoms. The fourth-order valence-corrected chi connectivity index (χ4v) is 3.04. The van der Waals surface area contributed by atoms with Gasteiger partial charge in [-0.2, -0.15) is 0 Å². The summed E-state index contributed by atoms with van der Waals surface area (Å²) in [6, 6.07) is 0. The van der Waals surface area contributed by atoms with Crippen LogP contribution in [-0.4, -0.2) is 57.0 Å². The van der Waals surface area contributed by atoms with Crippen LogP contribution in [0.25, 0.3) is 0 Å². The number of hydrogen-bond donors (Lipinski definition) is 2. The molecule has 0 saturated heterocycles. The first-order valence-corrected chi connectivity index (χ1v) is 8.61. The van der Waals surface area contributed by atoms with Gasteiger partial charge in [0.2, 0.25) is 0 Å². The van der Waals surface area contributed by atoms with E-state index in [-0.39, 0.29) is 35.5 Å². The van der Waals surface area contributed by atoms with E-state index in [4.69, 9.17) is 0 Å². The highest BCUT2D eigenvalue weighted by atomic mass is 35.5. The molecule has 0 spiro atoms. The van der Waals surface area contributed by atoms with Crippen molar-refractivity contribution >= 4 is 34.2 Å². The van der Waals surface area contributed by atoms with Gasteiger partial charge in [-0.25, -0.2) is 8.42 Å². The molecule has 0 aromatic rings. The molecule has 9 heteroatoms. The van der Waals surface area contributed by atoms with Crippen molar-refractivity contribution in [1.82, 2.24) is 15.5 Å². The van der Waals surface area contributed by atoms with Crippen LogP contribution >= 0.6 is 12.4 Å². The number of fused-ring (bicyclic) bond motifs is 1. The first-order chi connectivity index (χ1) is 10.0. The van der Waals surface area contributed by atoms with E-state index < -0.39 is 10.0 Å². The predicted octanol–water partition coefficient (Wildman–Crippen LogP) is 0.0216. The summed E-state index contributed by atoms with van der Waals surface area (Å²) in [5, 5.41) is 5.94. The fourth-order valence-electron chi connectivity index (χ4n) is 2.05. The first-order valence-electron chi connectivity index (χ1n) is 7.00. The van der Waals surface area contributed by atoms with Gasteiger partial charge in [-0.3, -0.25) is 4.79 Å². The van der Waals surface area contributed by atoms with Crippen molar-refractivity contribution in [3.63, 3.8) is 0 Å². The van der Waals surface area contributed by atoms with Gasteiger partial charge in [-0.05, 0) is 25.1 Å². The SMILES string of the molecule is CCCNCCNC(=O)C1=CC=CN2CCS(=O)(=O)N=C12.Cl. The zero-order chi connectivity index (χ0) is 15.3. The molecule has 7 nitrogen and oxygen atoms in total. The van der Waals surface area contributed by atoms with Crippen molar-refractivity contribution in [1.29, 1.82) is 0 Å². The Morgan fingerprint density at radius 1 is 1.36 bits per heavy atom. The van der Waals surface area contributed by atoms with Crippen molar-refractivity contribution in [2.45, 2.75) is 13.3 Å². The average molecular weight is 349 g/mol. The first kappa shape index (κ1) is 18.7. The molecule has 2 N–H and O–H groups in total. The number of sulfonamides is 1. The van der Waals surface area contributed by atoms with E-state index in [0.717, 1.165) is 13.0 Å². The van der Waals surface area contributed by atoms with Crippen LogP contribution in [0.1, 0.15) is 13.3 Å². The normalized spacial score (nSPS) is 18.7. The van der Waals surface area contributed by atoms with Crippen LogP contribution in [0.2, 0.25) is 0 Å². The Labute approximate surface area is 137 Å². The molecule has 2 aliphatic rings. The molecule has 0 fully saturated rings. The summed E-state index contributed by atoms with van der Waals surface area (Å²) in [6.45, 7) is 4.46. The van der Waals surface area contributed by atoms with E-state index in [1.807, 2.05) is 0 Å². The molecule has 0 aromatic carbocycles. The van der Waals surface area contributed by atoms with Crippen molar-refractivity contribution in [2.75, 3.05) is 31.9 Å². The zero-order valence-corrected chi connectivity index (χ0v) is 14.0. The topological polar surface area (TPSA) is 90.9 Å². The lowest BCUT2D eigenvalue weighted by Gasteiger charge is -2.28. The molecule has 2 aliphatic heterocycles. The van der Waals surface area contributed by atoms with E-state index in [9.17, 15) is 13.2 Å². The average Bonchev–Trinajstić information content (AvgIpc) is 2.45. The molecule has 22 heavy (non-hydrogen) atoms. The molecule has 0 aliphatic carbocycles. The van der Waals surface area contributed by atoms with Crippen LogP contribution in [0, 0.1) is 0 Å². The third-order valence-electron chi connectivity index (χ3n) is 3.12. The summed E-state index contributed by atoms with van der Waals surface area (Å²) in [6.07, 6.45) is 6.08. The van der Waals surface area contributed by atoms with Gasteiger partial charge in [-0.15, -0.1) is 16.8 Å². The summed E-state index contributed by atoms with van der Waals surface area (Å²) in [5.41, 5.74) is 0.288. The van der Waals surface area contributed by atoms with Crippen LogP contribution in [0.4, 0.5) is 0 Å². The van der Waals surface area contributed by atoms with Crippen LogP contribution < -0.4 is 10.6 Å². The lowest BCUT2D eigenvalue weighted by atomic mass is 10.1. The Balaban J connectivity index is 0.00000242. The molecule has 0 radical (unpaired) electrons. The second-order valence-corrected chi connectivity index (χ2v) is 6.58. The molecule has 124 valence electrons. The van der Waals surface area contributed by atoms with Gasteiger partial charge >= 0.3 is 0 Å². The third kappa shape index (κ3) is 4.82. The van der Waals surface area contributed by atoms with Crippen LogP contribution in [0.3, 0.4) is 0 Å². The quantitative estimate of drug-likeness (QED) is 0.660. The summed E-state index contributed by atoms with van der Waals surface area (Å²) in [5.74, 6) is -0.127. The lowest BCUT2D eigenvalue weighted by molar-refractivity contribution is -0.117. The number of nitrogens with zero attached hydrogens (tertiary/aromatic N) is 2. The Hall–Kier alpha value is -1.38. The largest absolute Gasteiger partial charge is 0.351 e. The van der Waals surface area contributed by atoms with Crippen molar-refractivity contribution in [3.8, 4) is 0 Å². The fraction of sp³-hybridized carbons (Fsp3) is 0.538. The molecule has 0 atom stereocenters. The maximum atomic E-state index is 12.2. The monoisotopic (exact) mass is 348 g/mol. The Morgan fingerprint density at radius 3 is 2.86 bits per heavy atom. The van der Waals surface area contributed by atoms with Gasteiger partial charge in [0.05, 0.1) is 11.3 Å². The predicted molar refractivity (Wildman–Crippen MR) is 88.6 cm³/mol. The summed E-state index contributed by atoms with van der Waals surface area (Å²) >= 11 is 0. The smallest absolute Gasteiger partial charge is 0.256 e. The highest BCUT2D eigenvalue weighted by Crippen LogP contribution is 2.17. The van der Waals surface area contributed by atoms with E-state index in [1.54, 1.807) is 23.3 Å². The molecular formula is C13H21ClN4O3S. The van der Waals surface area contributed by atoms with E-state index in [2.05, 4.69) is 22.0 Å². The van der Waals surface area contributed by atoms with Gasteiger partial charge in [0.1, 0.15) is 0 Å². The number of hydrogen-bond acceptors (Lipinski definition) is 5. The van der Waals surface area contributed by atoms with Crippen LogP contribution in [0.15, 0.2) is 28.3 Å². The van der Waals surface area contributed by atoms with Crippen molar-refractivity contribution in [2.24, 2.45) is 4.40 Å². The maximum Gasteiger partial charge on any atom is 0.256 e. The number of allylic oxidation sites excluding steroid dienone is 2.